The second kappa shape index (κ2) is 11.3. The van der Waals surface area contributed by atoms with Gasteiger partial charge < -0.3 is 4.74 Å². The van der Waals surface area contributed by atoms with Crippen molar-refractivity contribution in [3.8, 4) is 0 Å². The molecule has 0 saturated heterocycles. The Balaban J connectivity index is 1.81. The van der Waals surface area contributed by atoms with Crippen molar-refractivity contribution < 1.29 is 18.7 Å². The number of hydrogen-bond acceptors (Lipinski definition) is 6. The van der Waals surface area contributed by atoms with Gasteiger partial charge >= 0.3 is 6.09 Å². The molecule has 1 unspecified atom stereocenters. The lowest BCUT2D eigenvalue weighted by Gasteiger charge is -2.28. The van der Waals surface area contributed by atoms with Crippen molar-refractivity contribution in [3.63, 3.8) is 0 Å². The summed E-state index contributed by atoms with van der Waals surface area (Å²) in [5, 5.41) is 12.3. The Kier molecular flexibility index (Phi) is 8.27. The van der Waals surface area contributed by atoms with Gasteiger partial charge in [-0.3, -0.25) is 14.4 Å². The van der Waals surface area contributed by atoms with E-state index in [2.05, 4.69) is 20.7 Å². The maximum absolute atomic E-state index is 15.3. The minimum Gasteiger partial charge on any atom is -0.443 e. The number of benzene rings is 2. The van der Waals surface area contributed by atoms with Crippen LogP contribution in [0.15, 0.2) is 52.7 Å². The average Bonchev–Trinajstić information content (AvgIpc) is 3.37. The van der Waals surface area contributed by atoms with Gasteiger partial charge in [-0.2, -0.15) is 10.2 Å². The molecule has 0 saturated carbocycles. The number of carbonyl (C=O) groups is 2. The van der Waals surface area contributed by atoms with Crippen molar-refractivity contribution in [1.29, 1.82) is 5.53 Å². The Bertz CT molecular complexity index is 1500. The van der Waals surface area contributed by atoms with E-state index in [1.54, 1.807) is 51.1 Å². The van der Waals surface area contributed by atoms with Crippen LogP contribution in [0.4, 0.5) is 14.9 Å². The zero-order valence-electron chi connectivity index (χ0n) is 22.5. The first-order chi connectivity index (χ1) is 18.8. The van der Waals surface area contributed by atoms with Gasteiger partial charge in [0, 0.05) is 16.3 Å². The third kappa shape index (κ3) is 5.85. The predicted molar refractivity (Wildman–Crippen MR) is 150 cm³/mol. The molecule has 1 aliphatic heterocycles. The summed E-state index contributed by atoms with van der Waals surface area (Å²) in [6.45, 7) is 8.85. The van der Waals surface area contributed by atoms with Crippen LogP contribution in [0.2, 0.25) is 10.0 Å². The minimum atomic E-state index is -0.808. The molecule has 4 rings (SSSR count). The van der Waals surface area contributed by atoms with Gasteiger partial charge in [-0.1, -0.05) is 55.2 Å². The fraction of sp³-hybridized carbons (Fsp3) is 0.333. The van der Waals surface area contributed by atoms with Crippen LogP contribution in [0.5, 0.6) is 0 Å². The molecule has 1 atom stereocenters. The normalized spacial score (nSPS) is 15.4. The molecule has 13 heteroatoms. The molecule has 2 amide bonds. The first-order valence-electron chi connectivity index (χ1n) is 12.4. The first kappa shape index (κ1) is 29.2. The molecule has 0 bridgehead atoms. The Morgan fingerprint density at radius 2 is 1.88 bits per heavy atom. The fourth-order valence-electron chi connectivity index (χ4n) is 4.53. The van der Waals surface area contributed by atoms with E-state index in [0.717, 1.165) is 0 Å². The molecule has 2 aromatic carbocycles. The molecule has 2 N–H and O–H groups in total. The monoisotopic (exact) mass is 587 g/mol. The van der Waals surface area contributed by atoms with Gasteiger partial charge in [-0.25, -0.2) is 20.1 Å². The zero-order valence-corrected chi connectivity index (χ0v) is 24.0. The number of amidine groups is 1. The Morgan fingerprint density at radius 3 is 2.48 bits per heavy atom. The van der Waals surface area contributed by atoms with Crippen LogP contribution in [-0.2, 0) is 11.3 Å². The van der Waals surface area contributed by atoms with Crippen LogP contribution in [0.3, 0.4) is 0 Å². The number of halogens is 3. The quantitative estimate of drug-likeness (QED) is 0.138. The van der Waals surface area contributed by atoms with Gasteiger partial charge in [0.05, 0.1) is 16.8 Å². The molecule has 210 valence electrons. The molecule has 0 fully saturated rings. The maximum Gasteiger partial charge on any atom is 0.428 e. The summed E-state index contributed by atoms with van der Waals surface area (Å²) in [5.74, 6) is -1.49. The molecule has 1 aromatic heterocycles. The number of hydrazone groups is 1. The highest BCUT2D eigenvalue weighted by atomic mass is 35.5. The number of hydrogen-bond donors (Lipinski definition) is 2. The van der Waals surface area contributed by atoms with Crippen LogP contribution in [0.1, 0.15) is 73.9 Å². The average molecular weight is 588 g/mol. The molecule has 3 aromatic rings. The van der Waals surface area contributed by atoms with Crippen molar-refractivity contribution in [2.45, 2.75) is 58.7 Å². The Hall–Kier alpha value is -3.83. The van der Waals surface area contributed by atoms with Crippen LogP contribution < -0.4 is 10.3 Å². The smallest absolute Gasteiger partial charge is 0.428 e. The zero-order chi connectivity index (χ0) is 29.4. The molecule has 0 spiro atoms. The molecule has 10 nitrogen and oxygen atoms in total. The highest BCUT2D eigenvalue weighted by Crippen LogP contribution is 2.46. The highest BCUT2D eigenvalue weighted by Gasteiger charge is 2.45. The number of fused-ring (bicyclic) bond motifs is 1. The van der Waals surface area contributed by atoms with Crippen LogP contribution in [0.25, 0.3) is 0 Å². The number of aromatic nitrogens is 2. The lowest BCUT2D eigenvalue weighted by Crippen LogP contribution is -2.32. The van der Waals surface area contributed by atoms with Gasteiger partial charge in [0.2, 0.25) is 0 Å². The number of amides is 2. The number of ether oxygens (including phenoxy) is 1. The van der Waals surface area contributed by atoms with Gasteiger partial charge in [0.15, 0.2) is 17.3 Å². The largest absolute Gasteiger partial charge is 0.443 e. The molecule has 40 heavy (non-hydrogen) atoms. The fourth-order valence-corrected chi connectivity index (χ4v) is 4.83. The van der Waals surface area contributed by atoms with Gasteiger partial charge in [-0.15, -0.1) is 5.11 Å². The van der Waals surface area contributed by atoms with Crippen molar-refractivity contribution in [2.24, 2.45) is 10.2 Å². The molecule has 0 radical (unpaired) electrons. The van der Waals surface area contributed by atoms with Gasteiger partial charge in [0.1, 0.15) is 12.1 Å². The number of nitrogens with one attached hydrogen (secondary N) is 2. The number of rotatable bonds is 6. The van der Waals surface area contributed by atoms with Gasteiger partial charge in [-0.05, 0) is 56.5 Å². The minimum absolute atomic E-state index is 0.0154. The lowest BCUT2D eigenvalue weighted by molar-refractivity contribution is 0.0528. The number of nitrogens with zero attached hydrogens (tertiary/aromatic N) is 5. The van der Waals surface area contributed by atoms with Crippen LogP contribution in [0, 0.1) is 11.3 Å². The Labute approximate surface area is 240 Å². The van der Waals surface area contributed by atoms with E-state index in [4.69, 9.17) is 33.5 Å². The summed E-state index contributed by atoms with van der Waals surface area (Å²) in [6.07, 6.45) is -0.808. The summed E-state index contributed by atoms with van der Waals surface area (Å²) < 4.78 is 21.9. The van der Waals surface area contributed by atoms with Crippen LogP contribution >= 0.6 is 23.2 Å². The van der Waals surface area contributed by atoms with Crippen molar-refractivity contribution >= 4 is 46.7 Å². The second-order valence-corrected chi connectivity index (χ2v) is 11.3. The van der Waals surface area contributed by atoms with Crippen molar-refractivity contribution in [1.82, 2.24) is 15.2 Å². The SMILES string of the molecule is CC(C)c1c2c(nn1CC(N=N)=NNC(=O)OC(C)(C)C)C(=O)N(c1cccc(Cl)c1F)C2c1ccc(Cl)cc1. The summed E-state index contributed by atoms with van der Waals surface area (Å²) in [7, 11) is 0. The van der Waals surface area contributed by atoms with E-state index in [1.807, 2.05) is 13.8 Å². The van der Waals surface area contributed by atoms with E-state index >= 15 is 4.39 Å². The van der Waals surface area contributed by atoms with Gasteiger partial charge in [0.25, 0.3) is 5.91 Å². The topological polar surface area (TPSA) is 125 Å². The first-order valence-corrected chi connectivity index (χ1v) is 13.1. The molecular weight excluding hydrogens is 560 g/mol. The van der Waals surface area contributed by atoms with E-state index < -0.39 is 29.5 Å². The van der Waals surface area contributed by atoms with E-state index in [1.165, 1.54) is 21.7 Å². The third-order valence-electron chi connectivity index (χ3n) is 6.00. The summed E-state index contributed by atoms with van der Waals surface area (Å²) >= 11 is 12.2. The summed E-state index contributed by atoms with van der Waals surface area (Å²) in [4.78, 5) is 27.2. The van der Waals surface area contributed by atoms with Crippen molar-refractivity contribution in [3.05, 3.63) is 80.8 Å². The third-order valence-corrected chi connectivity index (χ3v) is 6.55. The van der Waals surface area contributed by atoms with E-state index in [0.29, 0.717) is 21.8 Å². The molecule has 2 heterocycles. The van der Waals surface area contributed by atoms with E-state index in [9.17, 15) is 9.59 Å². The summed E-state index contributed by atoms with van der Waals surface area (Å²) in [5.41, 5.74) is 11.1. The van der Waals surface area contributed by atoms with E-state index in [-0.39, 0.29) is 34.7 Å². The number of anilines is 1. The molecular formula is C27H28Cl2FN7O3. The highest BCUT2D eigenvalue weighted by molar-refractivity contribution is 6.31. The van der Waals surface area contributed by atoms with Crippen LogP contribution in [-0.4, -0.2) is 33.2 Å². The number of carbonyl (C=O) groups excluding carboxylic acids is 2. The predicted octanol–water partition coefficient (Wildman–Crippen LogP) is 7.07. The summed E-state index contributed by atoms with van der Waals surface area (Å²) in [6, 6.07) is 10.6. The lowest BCUT2D eigenvalue weighted by atomic mass is 9.94. The maximum atomic E-state index is 15.3. The molecule has 1 aliphatic rings. The van der Waals surface area contributed by atoms with Crippen molar-refractivity contribution in [2.75, 3.05) is 4.90 Å². The molecule has 0 aliphatic carbocycles. The standard InChI is InChI=1S/C27H28Cl2FN7O3/c1-14(2)23-20-22(35-36(23)13-19(32-31)33-34-26(39)40-27(3,4)5)25(38)37(18-8-6-7-17(29)21(18)30)24(20)15-9-11-16(28)12-10-15/h6-12,14,24,31H,13H2,1-5H3,(H,34,39). The Morgan fingerprint density at radius 1 is 1.20 bits per heavy atom. The second-order valence-electron chi connectivity index (χ2n) is 10.4.